The molecule has 1 saturated heterocycles. The van der Waals surface area contributed by atoms with Crippen LogP contribution in [0.25, 0.3) is 0 Å². The molecule has 2 heterocycles. The van der Waals surface area contributed by atoms with Crippen LogP contribution in [0.15, 0.2) is 48.5 Å². The molecule has 3 aliphatic rings. The number of amides is 3. The summed E-state index contributed by atoms with van der Waals surface area (Å²) in [5, 5.41) is 3.16. The van der Waals surface area contributed by atoms with Gasteiger partial charge in [0.05, 0.1) is 6.04 Å². The van der Waals surface area contributed by atoms with Gasteiger partial charge in [0.25, 0.3) is 0 Å². The average molecular weight is 577 g/mol. The Balaban J connectivity index is 1.39. The van der Waals surface area contributed by atoms with Crippen LogP contribution < -0.4 is 15.1 Å². The van der Waals surface area contributed by atoms with Crippen molar-refractivity contribution in [1.82, 2.24) is 10.2 Å². The van der Waals surface area contributed by atoms with E-state index in [1.54, 1.807) is 11.8 Å². The molecule has 42 heavy (non-hydrogen) atoms. The number of nitrogens with zero attached hydrogens (tertiary/aromatic N) is 3. The number of anilines is 2. The van der Waals surface area contributed by atoms with Gasteiger partial charge in [-0.15, -0.1) is 0 Å². The highest BCUT2D eigenvalue weighted by Crippen LogP contribution is 2.50. The molecular formula is C33H44N4O5. The van der Waals surface area contributed by atoms with E-state index in [9.17, 15) is 14.4 Å². The minimum absolute atomic E-state index is 0.00337. The Morgan fingerprint density at radius 3 is 2.33 bits per heavy atom. The van der Waals surface area contributed by atoms with Crippen LogP contribution in [0, 0.1) is 11.8 Å². The van der Waals surface area contributed by atoms with Gasteiger partial charge in [0, 0.05) is 61.5 Å². The number of ether oxygens (including phenoxy) is 2. The van der Waals surface area contributed by atoms with E-state index in [2.05, 4.69) is 29.3 Å². The van der Waals surface area contributed by atoms with Crippen LogP contribution in [0.3, 0.4) is 0 Å². The molecule has 3 amide bonds. The number of alkyl carbamates (subject to hydrolysis) is 1. The number of benzene rings is 2. The fourth-order valence-corrected chi connectivity index (χ4v) is 6.43. The Morgan fingerprint density at radius 2 is 1.71 bits per heavy atom. The standard InChI is InChI=1S/C33H44N4O5/c1-21-19-35(16-17-36(21)32(40)42-33(4,5)6)26-14-15-28-27(18-26)29(22(2)30(25-12-13-25)37(28)23(3)38)34-31(39)41-20-24-10-8-7-9-11-24/h7-11,14-15,18,21-22,25,29-30H,12-13,16-17,19-20H2,1-6H3,(H,34,39)/t21-,22+,29?,30+/m0/s1. The van der Waals surface area contributed by atoms with Crippen molar-refractivity contribution in [2.24, 2.45) is 11.8 Å². The third-order valence-electron chi connectivity index (χ3n) is 8.52. The Labute approximate surface area is 249 Å². The quantitative estimate of drug-likeness (QED) is 0.478. The maximum atomic E-state index is 13.1. The van der Waals surface area contributed by atoms with E-state index in [1.807, 2.05) is 69.0 Å². The van der Waals surface area contributed by atoms with Gasteiger partial charge in [-0.25, -0.2) is 9.59 Å². The molecule has 2 aliphatic heterocycles. The number of carbonyl (C=O) groups excluding carboxylic acids is 3. The number of hydrogen-bond donors (Lipinski definition) is 1. The second kappa shape index (κ2) is 11.9. The number of piperazine rings is 1. The summed E-state index contributed by atoms with van der Waals surface area (Å²) in [5.41, 5.74) is 3.12. The predicted molar refractivity (Wildman–Crippen MR) is 162 cm³/mol. The summed E-state index contributed by atoms with van der Waals surface area (Å²) in [7, 11) is 0. The van der Waals surface area contributed by atoms with Crippen LogP contribution in [-0.4, -0.2) is 60.3 Å². The number of fused-ring (bicyclic) bond motifs is 1. The number of carbonyl (C=O) groups is 3. The molecule has 1 unspecified atom stereocenters. The molecule has 0 aromatic heterocycles. The molecule has 0 spiro atoms. The molecule has 1 saturated carbocycles. The fraction of sp³-hybridized carbons (Fsp3) is 0.545. The summed E-state index contributed by atoms with van der Waals surface area (Å²) in [5.74, 6) is 0.428. The molecule has 9 heteroatoms. The maximum absolute atomic E-state index is 13.1. The molecule has 2 fully saturated rings. The first-order chi connectivity index (χ1) is 19.9. The molecule has 1 N–H and O–H groups in total. The van der Waals surface area contributed by atoms with Gasteiger partial charge < -0.3 is 29.5 Å². The predicted octanol–water partition coefficient (Wildman–Crippen LogP) is 5.88. The zero-order valence-corrected chi connectivity index (χ0v) is 25.6. The Bertz CT molecular complexity index is 1310. The normalized spacial score (nSPS) is 24.1. The first-order valence-corrected chi connectivity index (χ1v) is 15.1. The molecular weight excluding hydrogens is 532 g/mol. The minimum atomic E-state index is -0.547. The first kappa shape index (κ1) is 29.7. The first-order valence-electron chi connectivity index (χ1n) is 15.1. The Hall–Kier alpha value is -3.75. The van der Waals surface area contributed by atoms with Crippen LogP contribution in [0.5, 0.6) is 0 Å². The summed E-state index contributed by atoms with van der Waals surface area (Å²) < 4.78 is 11.2. The average Bonchev–Trinajstić information content (AvgIpc) is 3.77. The summed E-state index contributed by atoms with van der Waals surface area (Å²) in [6.45, 7) is 13.4. The largest absolute Gasteiger partial charge is 0.445 e. The van der Waals surface area contributed by atoms with Crippen molar-refractivity contribution in [3.63, 3.8) is 0 Å². The van der Waals surface area contributed by atoms with E-state index in [1.165, 1.54) is 0 Å². The van der Waals surface area contributed by atoms with Crippen LogP contribution >= 0.6 is 0 Å². The maximum Gasteiger partial charge on any atom is 0.410 e. The molecule has 4 atom stereocenters. The van der Waals surface area contributed by atoms with Crippen LogP contribution in [-0.2, 0) is 20.9 Å². The fourth-order valence-electron chi connectivity index (χ4n) is 6.43. The van der Waals surface area contributed by atoms with Gasteiger partial charge in [0.1, 0.15) is 12.2 Å². The van der Waals surface area contributed by atoms with Gasteiger partial charge in [0.2, 0.25) is 5.91 Å². The van der Waals surface area contributed by atoms with Crippen molar-refractivity contribution in [2.75, 3.05) is 29.4 Å². The van der Waals surface area contributed by atoms with Crippen molar-refractivity contribution in [2.45, 2.75) is 84.7 Å². The lowest BCUT2D eigenvalue weighted by Crippen LogP contribution is -2.55. The third-order valence-corrected chi connectivity index (χ3v) is 8.52. The van der Waals surface area contributed by atoms with E-state index >= 15 is 0 Å². The number of hydrogen-bond acceptors (Lipinski definition) is 6. The van der Waals surface area contributed by atoms with Crippen molar-refractivity contribution in [1.29, 1.82) is 0 Å². The van der Waals surface area contributed by atoms with Gasteiger partial charge in [-0.05, 0) is 70.2 Å². The monoisotopic (exact) mass is 576 g/mol. The van der Waals surface area contributed by atoms with Gasteiger partial charge >= 0.3 is 12.2 Å². The smallest absolute Gasteiger partial charge is 0.410 e. The molecule has 226 valence electrons. The van der Waals surface area contributed by atoms with Gasteiger partial charge in [-0.3, -0.25) is 4.79 Å². The molecule has 1 aliphatic carbocycles. The van der Waals surface area contributed by atoms with E-state index in [0.29, 0.717) is 25.6 Å². The highest BCUT2D eigenvalue weighted by molar-refractivity contribution is 5.94. The van der Waals surface area contributed by atoms with Crippen molar-refractivity contribution in [3.05, 3.63) is 59.7 Å². The van der Waals surface area contributed by atoms with Gasteiger partial charge in [0.15, 0.2) is 0 Å². The number of rotatable bonds is 5. The zero-order valence-electron chi connectivity index (χ0n) is 25.6. The summed E-state index contributed by atoms with van der Waals surface area (Å²) in [6, 6.07) is 15.4. The summed E-state index contributed by atoms with van der Waals surface area (Å²) >= 11 is 0. The Morgan fingerprint density at radius 1 is 1.00 bits per heavy atom. The lowest BCUT2D eigenvalue weighted by Gasteiger charge is -2.46. The lowest BCUT2D eigenvalue weighted by molar-refractivity contribution is -0.117. The molecule has 0 bridgehead atoms. The SMILES string of the molecule is CC(=O)N1c2ccc(N3CCN(C(=O)OC(C)(C)C)[C@@H](C)C3)cc2C(NC(=O)OCc2ccccc2)[C@@H](C)[C@@H]1C1CC1. The van der Waals surface area contributed by atoms with Crippen molar-refractivity contribution in [3.8, 4) is 0 Å². The second-order valence-electron chi connectivity index (χ2n) is 13.0. The van der Waals surface area contributed by atoms with Gasteiger partial charge in [-0.1, -0.05) is 37.3 Å². The van der Waals surface area contributed by atoms with Crippen LogP contribution in [0.2, 0.25) is 0 Å². The number of nitrogens with one attached hydrogen (secondary N) is 1. The molecule has 2 aromatic carbocycles. The van der Waals surface area contributed by atoms with Gasteiger partial charge in [-0.2, -0.15) is 0 Å². The molecule has 2 aromatic rings. The highest BCUT2D eigenvalue weighted by atomic mass is 16.6. The highest BCUT2D eigenvalue weighted by Gasteiger charge is 2.48. The van der Waals surface area contributed by atoms with Crippen LogP contribution in [0.1, 0.15) is 71.6 Å². The summed E-state index contributed by atoms with van der Waals surface area (Å²) in [6.07, 6.45) is 1.39. The second-order valence-corrected chi connectivity index (χ2v) is 13.0. The van der Waals surface area contributed by atoms with Crippen molar-refractivity contribution >= 4 is 29.5 Å². The zero-order chi connectivity index (χ0) is 30.2. The molecule has 0 radical (unpaired) electrons. The van der Waals surface area contributed by atoms with E-state index in [4.69, 9.17) is 9.47 Å². The van der Waals surface area contributed by atoms with Crippen LogP contribution in [0.4, 0.5) is 21.0 Å². The molecule has 5 rings (SSSR count). The van der Waals surface area contributed by atoms with E-state index < -0.39 is 11.7 Å². The van der Waals surface area contributed by atoms with E-state index in [-0.39, 0.29) is 42.7 Å². The lowest BCUT2D eigenvalue weighted by atomic mass is 9.79. The van der Waals surface area contributed by atoms with E-state index in [0.717, 1.165) is 35.3 Å². The minimum Gasteiger partial charge on any atom is -0.445 e. The van der Waals surface area contributed by atoms with Crippen molar-refractivity contribution < 1.29 is 23.9 Å². The topological polar surface area (TPSA) is 91.4 Å². The molecule has 9 nitrogen and oxygen atoms in total. The summed E-state index contributed by atoms with van der Waals surface area (Å²) in [4.78, 5) is 44.9. The Kier molecular flexibility index (Phi) is 8.39. The third kappa shape index (κ3) is 6.50.